The number of nitrogens with two attached hydrogens (primary N) is 1. The number of halogens is 1. The van der Waals surface area contributed by atoms with Gasteiger partial charge >= 0.3 is 5.97 Å². The van der Waals surface area contributed by atoms with E-state index in [1.54, 1.807) is 13.0 Å². The Hall–Kier alpha value is -1.26. The summed E-state index contributed by atoms with van der Waals surface area (Å²) < 4.78 is 11.5. The van der Waals surface area contributed by atoms with Crippen molar-refractivity contribution < 1.29 is 14.3 Å². The van der Waals surface area contributed by atoms with Gasteiger partial charge in [0.05, 0.1) is 5.02 Å². The lowest BCUT2D eigenvalue weighted by Gasteiger charge is -2.31. The largest absolute Gasteiger partial charge is 0.485 e. The monoisotopic (exact) mass is 343 g/mol. The molecule has 1 rings (SSSR count). The number of esters is 1. The van der Waals surface area contributed by atoms with Crippen molar-refractivity contribution in [3.05, 3.63) is 29.3 Å². The molecule has 132 valence electrons. The minimum absolute atomic E-state index is 0.199. The highest BCUT2D eigenvalue weighted by molar-refractivity contribution is 6.32. The lowest BCUT2D eigenvalue weighted by molar-refractivity contribution is -0.154. The molecule has 1 aromatic rings. The van der Waals surface area contributed by atoms with Crippen LogP contribution in [0.4, 0.5) is 0 Å². The van der Waals surface area contributed by atoms with Gasteiger partial charge in [-0.3, -0.25) is 4.79 Å². The highest BCUT2D eigenvalue weighted by Crippen LogP contribution is 2.29. The molecule has 0 spiro atoms. The van der Waals surface area contributed by atoms with Crippen molar-refractivity contribution in [2.24, 2.45) is 11.7 Å². The molecule has 2 atom stereocenters. The van der Waals surface area contributed by atoms with Gasteiger partial charge in [0.15, 0.2) is 0 Å². The maximum Gasteiger partial charge on any atom is 0.305 e. The Morgan fingerprint density at radius 3 is 2.22 bits per heavy atom. The Bertz CT molecular complexity index is 450. The Morgan fingerprint density at radius 2 is 1.74 bits per heavy atom. The van der Waals surface area contributed by atoms with Crippen LogP contribution in [0.3, 0.4) is 0 Å². The minimum atomic E-state index is -0.307. The van der Waals surface area contributed by atoms with Crippen molar-refractivity contribution in [2.75, 3.05) is 7.05 Å². The molecule has 0 radical (unpaired) electrons. The fourth-order valence-corrected chi connectivity index (χ4v) is 2.55. The second-order valence-electron chi connectivity index (χ2n) is 5.14. The Morgan fingerprint density at radius 1 is 1.17 bits per heavy atom. The molecule has 0 fully saturated rings. The zero-order chi connectivity index (χ0) is 17.8. The van der Waals surface area contributed by atoms with Crippen LogP contribution in [0.15, 0.2) is 24.3 Å². The summed E-state index contributed by atoms with van der Waals surface area (Å²) in [5.74, 6) is 0.734. The van der Waals surface area contributed by atoms with Gasteiger partial charge in [0, 0.05) is 6.42 Å². The van der Waals surface area contributed by atoms with Crippen LogP contribution in [0.1, 0.15) is 47.0 Å². The van der Waals surface area contributed by atoms with Crippen LogP contribution in [0.2, 0.25) is 5.02 Å². The van der Waals surface area contributed by atoms with Crippen LogP contribution in [0, 0.1) is 5.92 Å². The molecule has 0 aliphatic heterocycles. The summed E-state index contributed by atoms with van der Waals surface area (Å²) in [6.45, 7) is 7.90. The first-order valence-corrected chi connectivity index (χ1v) is 8.59. The van der Waals surface area contributed by atoms with E-state index in [0.29, 0.717) is 23.1 Å². The van der Waals surface area contributed by atoms with Crippen molar-refractivity contribution in [3.63, 3.8) is 0 Å². The van der Waals surface area contributed by atoms with E-state index >= 15 is 0 Å². The average Bonchev–Trinajstić information content (AvgIpc) is 2.58. The lowest BCUT2D eigenvalue weighted by Crippen LogP contribution is -2.39. The summed E-state index contributed by atoms with van der Waals surface area (Å²) in [4.78, 5) is 11.5. The van der Waals surface area contributed by atoms with Crippen molar-refractivity contribution in [1.82, 2.24) is 0 Å². The molecule has 0 bridgehead atoms. The first-order chi connectivity index (χ1) is 11.0. The number of ether oxygens (including phenoxy) is 2. The molecular weight excluding hydrogens is 314 g/mol. The number of carbonyl (C=O) groups excluding carboxylic acids is 1. The predicted molar refractivity (Wildman–Crippen MR) is 95.9 cm³/mol. The second-order valence-corrected chi connectivity index (χ2v) is 5.55. The average molecular weight is 344 g/mol. The predicted octanol–water partition coefficient (Wildman–Crippen LogP) is 4.44. The molecule has 0 amide bonds. The third-order valence-electron chi connectivity index (χ3n) is 3.68. The van der Waals surface area contributed by atoms with Gasteiger partial charge < -0.3 is 15.2 Å². The smallest absolute Gasteiger partial charge is 0.305 e. The Labute approximate surface area is 145 Å². The normalized spacial score (nSPS) is 12.9. The van der Waals surface area contributed by atoms with Gasteiger partial charge in [0.1, 0.15) is 18.0 Å². The van der Waals surface area contributed by atoms with Gasteiger partial charge in [0.2, 0.25) is 0 Å². The molecule has 1 aromatic carbocycles. The number of carbonyl (C=O) groups is 1. The van der Waals surface area contributed by atoms with Gasteiger partial charge in [-0.1, -0.05) is 44.5 Å². The summed E-state index contributed by atoms with van der Waals surface area (Å²) in [5.41, 5.74) is 4.50. The van der Waals surface area contributed by atoms with E-state index in [-0.39, 0.29) is 18.2 Å². The fourth-order valence-electron chi connectivity index (χ4n) is 2.37. The first kappa shape index (κ1) is 21.7. The van der Waals surface area contributed by atoms with Gasteiger partial charge in [-0.15, -0.1) is 0 Å². The van der Waals surface area contributed by atoms with Gasteiger partial charge in [-0.2, -0.15) is 0 Å². The highest BCUT2D eigenvalue weighted by Gasteiger charge is 2.29. The van der Waals surface area contributed by atoms with Crippen molar-refractivity contribution in [3.8, 4) is 5.75 Å². The van der Waals surface area contributed by atoms with Crippen LogP contribution in [-0.2, 0) is 9.53 Å². The van der Waals surface area contributed by atoms with E-state index in [2.05, 4.69) is 19.6 Å². The molecule has 0 aliphatic carbocycles. The molecule has 23 heavy (non-hydrogen) atoms. The number of para-hydroxylation sites is 1. The topological polar surface area (TPSA) is 61.5 Å². The van der Waals surface area contributed by atoms with Crippen molar-refractivity contribution in [2.45, 2.75) is 59.2 Å². The summed E-state index contributed by atoms with van der Waals surface area (Å²) in [7, 11) is 1.50. The summed E-state index contributed by atoms with van der Waals surface area (Å²) in [6.07, 6.45) is 1.78. The maximum atomic E-state index is 11.5. The maximum absolute atomic E-state index is 11.5. The van der Waals surface area contributed by atoms with E-state index in [1.165, 1.54) is 7.05 Å². The third kappa shape index (κ3) is 7.23. The summed E-state index contributed by atoms with van der Waals surface area (Å²) in [5, 5.41) is 0.572. The lowest BCUT2D eigenvalue weighted by atomic mass is 9.93. The highest BCUT2D eigenvalue weighted by atomic mass is 35.5. The van der Waals surface area contributed by atoms with E-state index < -0.39 is 0 Å². The van der Waals surface area contributed by atoms with Crippen LogP contribution in [0.25, 0.3) is 0 Å². The van der Waals surface area contributed by atoms with E-state index in [4.69, 9.17) is 21.1 Å². The number of rotatable bonds is 8. The van der Waals surface area contributed by atoms with Crippen LogP contribution in [-0.4, -0.2) is 25.2 Å². The Balaban J connectivity index is 0.00000232. The second kappa shape index (κ2) is 12.2. The third-order valence-corrected chi connectivity index (χ3v) is 3.99. The quantitative estimate of drug-likeness (QED) is 0.709. The molecule has 5 heteroatoms. The SMILES string of the molecule is CCC(=O)OC(C)[C@H](Oc1ccccc1Cl)C(CC)CC.CN. The van der Waals surface area contributed by atoms with Crippen molar-refractivity contribution in [1.29, 1.82) is 0 Å². The van der Waals surface area contributed by atoms with Gasteiger partial charge in [-0.25, -0.2) is 0 Å². The zero-order valence-corrected chi connectivity index (χ0v) is 15.6. The summed E-state index contributed by atoms with van der Waals surface area (Å²) in [6, 6.07) is 7.38. The molecule has 4 nitrogen and oxygen atoms in total. The van der Waals surface area contributed by atoms with Gasteiger partial charge in [-0.05, 0) is 44.9 Å². The van der Waals surface area contributed by atoms with Crippen LogP contribution >= 0.6 is 11.6 Å². The molecular formula is C18H30ClNO3. The standard InChI is InChI=1S/C17H25ClO3.CH5N/c1-5-13(6-2)17(12(4)20-16(19)7-3)21-15-11-9-8-10-14(15)18;1-2/h8-13,17H,5-7H2,1-4H3;2H2,1H3/t12?,17-;/m0./s1. The molecule has 0 heterocycles. The molecule has 1 unspecified atom stereocenters. The zero-order valence-electron chi connectivity index (χ0n) is 14.8. The number of benzene rings is 1. The Kier molecular flexibility index (Phi) is 11.5. The van der Waals surface area contributed by atoms with E-state index in [1.807, 2.05) is 25.1 Å². The number of hydrogen-bond acceptors (Lipinski definition) is 4. The van der Waals surface area contributed by atoms with E-state index in [9.17, 15) is 4.79 Å². The van der Waals surface area contributed by atoms with Gasteiger partial charge in [0.25, 0.3) is 0 Å². The molecule has 0 aromatic heterocycles. The minimum Gasteiger partial charge on any atom is -0.485 e. The molecule has 0 saturated heterocycles. The summed E-state index contributed by atoms with van der Waals surface area (Å²) >= 11 is 6.16. The fraction of sp³-hybridized carbons (Fsp3) is 0.611. The molecule has 0 saturated carbocycles. The van der Waals surface area contributed by atoms with Crippen molar-refractivity contribution >= 4 is 17.6 Å². The molecule has 0 aliphatic rings. The number of hydrogen-bond donors (Lipinski definition) is 1. The molecule has 2 N–H and O–H groups in total. The van der Waals surface area contributed by atoms with E-state index in [0.717, 1.165) is 12.8 Å². The van der Waals surface area contributed by atoms with Crippen LogP contribution in [0.5, 0.6) is 5.75 Å². The first-order valence-electron chi connectivity index (χ1n) is 8.21. The van der Waals surface area contributed by atoms with Crippen LogP contribution < -0.4 is 10.5 Å².